The van der Waals surface area contributed by atoms with E-state index in [2.05, 4.69) is 11.4 Å². The Morgan fingerprint density at radius 3 is 2.73 bits per heavy atom. The molecule has 0 aromatic heterocycles. The summed E-state index contributed by atoms with van der Waals surface area (Å²) in [6.07, 6.45) is 0. The lowest BCUT2D eigenvalue weighted by atomic mass is 10.2. The lowest BCUT2D eigenvalue weighted by molar-refractivity contribution is 0.602. The van der Waals surface area contributed by atoms with Crippen LogP contribution in [0.4, 0.5) is 0 Å². The largest absolute Gasteiger partial charge is 0.311 e. The summed E-state index contributed by atoms with van der Waals surface area (Å²) in [5.41, 5.74) is 1.06. The Hall–Kier alpha value is -0.750. The van der Waals surface area contributed by atoms with Crippen LogP contribution in [0.5, 0.6) is 0 Å². The van der Waals surface area contributed by atoms with E-state index in [0.29, 0.717) is 23.1 Å². The van der Waals surface area contributed by atoms with Gasteiger partial charge in [-0.3, -0.25) is 0 Å². The third kappa shape index (κ3) is 4.09. The van der Waals surface area contributed by atoms with E-state index < -0.39 is 0 Å². The van der Waals surface area contributed by atoms with Crippen molar-refractivity contribution in [3.05, 3.63) is 33.8 Å². The third-order valence-electron chi connectivity index (χ3n) is 1.98. The Kier molecular flexibility index (Phi) is 4.90. The highest BCUT2D eigenvalue weighted by molar-refractivity contribution is 6.42. The van der Waals surface area contributed by atoms with Crippen LogP contribution in [0.1, 0.15) is 12.5 Å². The zero-order valence-corrected chi connectivity index (χ0v) is 9.94. The highest BCUT2D eigenvalue weighted by atomic mass is 35.5. The van der Waals surface area contributed by atoms with Gasteiger partial charge in [0.2, 0.25) is 0 Å². The van der Waals surface area contributed by atoms with Crippen molar-refractivity contribution in [1.82, 2.24) is 5.32 Å². The second-order valence-electron chi connectivity index (χ2n) is 3.41. The van der Waals surface area contributed by atoms with Crippen LogP contribution in [-0.2, 0) is 6.54 Å². The first-order valence-corrected chi connectivity index (χ1v) is 5.43. The average Bonchev–Trinajstić information content (AvgIpc) is 2.23. The van der Waals surface area contributed by atoms with Crippen molar-refractivity contribution in [1.29, 1.82) is 5.26 Å². The smallest absolute Gasteiger partial charge is 0.0666 e. The fraction of sp³-hybridized carbons (Fsp3) is 0.364. The van der Waals surface area contributed by atoms with Crippen LogP contribution in [0.25, 0.3) is 0 Å². The Balaban J connectivity index is 2.45. The van der Waals surface area contributed by atoms with Crippen molar-refractivity contribution in [2.24, 2.45) is 5.92 Å². The predicted octanol–water partition coefficient (Wildman–Crippen LogP) is 3.24. The van der Waals surface area contributed by atoms with Gasteiger partial charge in [0.25, 0.3) is 0 Å². The molecule has 0 saturated carbocycles. The Bertz CT molecular complexity index is 371. The highest BCUT2D eigenvalue weighted by Crippen LogP contribution is 2.22. The van der Waals surface area contributed by atoms with Gasteiger partial charge in [-0.25, -0.2) is 0 Å². The number of hydrogen-bond acceptors (Lipinski definition) is 2. The Morgan fingerprint density at radius 2 is 2.13 bits per heavy atom. The van der Waals surface area contributed by atoms with Crippen LogP contribution in [0.2, 0.25) is 10.0 Å². The molecule has 0 aliphatic carbocycles. The molecule has 80 valence electrons. The monoisotopic (exact) mass is 242 g/mol. The van der Waals surface area contributed by atoms with Crippen molar-refractivity contribution in [3.8, 4) is 6.07 Å². The molecule has 4 heteroatoms. The SMILES string of the molecule is CC(C#N)CNCc1ccc(Cl)c(Cl)c1. The summed E-state index contributed by atoms with van der Waals surface area (Å²) < 4.78 is 0. The van der Waals surface area contributed by atoms with E-state index in [9.17, 15) is 0 Å². The van der Waals surface area contributed by atoms with E-state index in [1.165, 1.54) is 0 Å². The first-order chi connectivity index (χ1) is 7.13. The van der Waals surface area contributed by atoms with Gasteiger partial charge < -0.3 is 5.32 Å². The Labute approximate surface area is 99.8 Å². The number of rotatable bonds is 4. The molecule has 0 bridgehead atoms. The van der Waals surface area contributed by atoms with E-state index in [4.69, 9.17) is 28.5 Å². The van der Waals surface area contributed by atoms with Crippen LogP contribution >= 0.6 is 23.2 Å². The van der Waals surface area contributed by atoms with Gasteiger partial charge in [-0.2, -0.15) is 5.26 Å². The van der Waals surface area contributed by atoms with E-state index in [-0.39, 0.29) is 5.92 Å². The molecule has 0 fully saturated rings. The normalized spacial score (nSPS) is 12.1. The second kappa shape index (κ2) is 5.97. The summed E-state index contributed by atoms with van der Waals surface area (Å²) >= 11 is 11.7. The number of nitrogens with zero attached hydrogens (tertiary/aromatic N) is 1. The first-order valence-electron chi connectivity index (χ1n) is 4.67. The van der Waals surface area contributed by atoms with Gasteiger partial charge >= 0.3 is 0 Å². The van der Waals surface area contributed by atoms with Crippen molar-refractivity contribution in [2.45, 2.75) is 13.5 Å². The first kappa shape index (κ1) is 12.3. The van der Waals surface area contributed by atoms with Crippen LogP contribution in [-0.4, -0.2) is 6.54 Å². The molecule has 0 saturated heterocycles. The van der Waals surface area contributed by atoms with Gasteiger partial charge in [-0.1, -0.05) is 29.3 Å². The molecule has 1 atom stereocenters. The molecule has 0 radical (unpaired) electrons. The van der Waals surface area contributed by atoms with E-state index in [1.807, 2.05) is 19.1 Å². The molecule has 1 unspecified atom stereocenters. The van der Waals surface area contributed by atoms with Gasteiger partial charge in [-0.05, 0) is 24.6 Å². The van der Waals surface area contributed by atoms with Gasteiger partial charge in [0.05, 0.1) is 22.0 Å². The highest BCUT2D eigenvalue weighted by Gasteiger charge is 2.01. The molecule has 0 heterocycles. The molecule has 1 N–H and O–H groups in total. The molecule has 1 aromatic carbocycles. The van der Waals surface area contributed by atoms with Crippen molar-refractivity contribution in [3.63, 3.8) is 0 Å². The maximum atomic E-state index is 8.58. The quantitative estimate of drug-likeness (QED) is 0.881. The van der Waals surface area contributed by atoms with Crippen LogP contribution in [0.15, 0.2) is 18.2 Å². The molecule has 0 aliphatic heterocycles. The Morgan fingerprint density at radius 1 is 1.40 bits per heavy atom. The minimum Gasteiger partial charge on any atom is -0.311 e. The molecule has 1 rings (SSSR count). The molecule has 0 aliphatic rings. The maximum Gasteiger partial charge on any atom is 0.0666 e. The van der Waals surface area contributed by atoms with Crippen LogP contribution in [0.3, 0.4) is 0 Å². The zero-order chi connectivity index (χ0) is 11.3. The number of nitrogens with one attached hydrogen (secondary N) is 1. The average molecular weight is 243 g/mol. The summed E-state index contributed by atoms with van der Waals surface area (Å²) in [5, 5.41) is 12.9. The van der Waals surface area contributed by atoms with Gasteiger partial charge in [0.15, 0.2) is 0 Å². The topological polar surface area (TPSA) is 35.8 Å². The predicted molar refractivity (Wildman–Crippen MR) is 62.9 cm³/mol. The van der Waals surface area contributed by atoms with Crippen molar-refractivity contribution < 1.29 is 0 Å². The number of benzene rings is 1. The molecule has 2 nitrogen and oxygen atoms in total. The molecule has 0 amide bonds. The lowest BCUT2D eigenvalue weighted by Crippen LogP contribution is -2.19. The van der Waals surface area contributed by atoms with Gasteiger partial charge in [0.1, 0.15) is 0 Å². The van der Waals surface area contributed by atoms with E-state index >= 15 is 0 Å². The molecule has 0 spiro atoms. The zero-order valence-electron chi connectivity index (χ0n) is 8.43. The minimum absolute atomic E-state index is 0.0211. The summed E-state index contributed by atoms with van der Waals surface area (Å²) in [4.78, 5) is 0. The van der Waals surface area contributed by atoms with Crippen LogP contribution in [0, 0.1) is 17.2 Å². The third-order valence-corrected chi connectivity index (χ3v) is 2.72. The molecular weight excluding hydrogens is 231 g/mol. The molecular formula is C11H12Cl2N2. The molecule has 1 aromatic rings. The lowest BCUT2D eigenvalue weighted by Gasteiger charge is -2.06. The fourth-order valence-corrected chi connectivity index (χ4v) is 1.45. The second-order valence-corrected chi connectivity index (χ2v) is 4.22. The number of hydrogen-bond donors (Lipinski definition) is 1. The van der Waals surface area contributed by atoms with Crippen molar-refractivity contribution >= 4 is 23.2 Å². The summed E-state index contributed by atoms with van der Waals surface area (Å²) in [6.45, 7) is 3.25. The standard InChI is InChI=1S/C11H12Cl2N2/c1-8(5-14)6-15-7-9-2-3-10(12)11(13)4-9/h2-4,8,15H,6-7H2,1H3. The van der Waals surface area contributed by atoms with Crippen molar-refractivity contribution in [2.75, 3.05) is 6.54 Å². The van der Waals surface area contributed by atoms with E-state index in [1.54, 1.807) is 6.07 Å². The van der Waals surface area contributed by atoms with E-state index in [0.717, 1.165) is 5.56 Å². The van der Waals surface area contributed by atoms with Gasteiger partial charge in [-0.15, -0.1) is 0 Å². The maximum absolute atomic E-state index is 8.58. The fourth-order valence-electron chi connectivity index (χ4n) is 1.13. The molecule has 15 heavy (non-hydrogen) atoms. The summed E-state index contributed by atoms with van der Waals surface area (Å²) in [6, 6.07) is 7.68. The van der Waals surface area contributed by atoms with Gasteiger partial charge in [0, 0.05) is 13.1 Å². The minimum atomic E-state index is 0.0211. The summed E-state index contributed by atoms with van der Waals surface area (Å²) in [5.74, 6) is 0.0211. The summed E-state index contributed by atoms with van der Waals surface area (Å²) in [7, 11) is 0. The number of nitriles is 1. The van der Waals surface area contributed by atoms with Crippen LogP contribution < -0.4 is 5.32 Å². The number of halogens is 2.